The van der Waals surface area contributed by atoms with Crippen LogP contribution in [0.3, 0.4) is 0 Å². The number of carbonyl (C=O) groups excluding carboxylic acids is 2. The molecule has 7 heteroatoms. The van der Waals surface area contributed by atoms with Gasteiger partial charge in [-0.2, -0.15) is 0 Å². The van der Waals surface area contributed by atoms with E-state index in [2.05, 4.69) is 5.32 Å². The number of likely N-dealkylation sites (N-methyl/N-ethyl adjacent to an activating group) is 1. The molecule has 0 aliphatic rings. The van der Waals surface area contributed by atoms with Gasteiger partial charge in [-0.1, -0.05) is 29.8 Å². The highest BCUT2D eigenvalue weighted by atomic mass is 35.5. The fraction of sp³-hybridized carbons (Fsp3) is 0.300. The van der Waals surface area contributed by atoms with Crippen molar-refractivity contribution in [3.8, 4) is 0 Å². The van der Waals surface area contributed by atoms with Crippen molar-refractivity contribution >= 4 is 35.2 Å². The van der Waals surface area contributed by atoms with Crippen molar-refractivity contribution in [2.75, 3.05) is 12.3 Å². The van der Waals surface area contributed by atoms with Gasteiger partial charge in [-0.05, 0) is 44.2 Å². The van der Waals surface area contributed by atoms with Crippen LogP contribution >= 0.6 is 23.4 Å². The summed E-state index contributed by atoms with van der Waals surface area (Å²) >= 11 is 7.22. The zero-order valence-electron chi connectivity index (χ0n) is 15.2. The highest BCUT2D eigenvalue weighted by Crippen LogP contribution is 2.22. The van der Waals surface area contributed by atoms with E-state index in [0.717, 1.165) is 4.90 Å². The summed E-state index contributed by atoms with van der Waals surface area (Å²) in [6, 6.07) is 12.7. The third-order valence-electron chi connectivity index (χ3n) is 3.99. The molecular formula is C20H22ClFN2O2S. The smallest absolute Gasteiger partial charge is 0.242 e. The van der Waals surface area contributed by atoms with Crippen LogP contribution in [0.2, 0.25) is 5.02 Å². The molecule has 1 N–H and O–H groups in total. The van der Waals surface area contributed by atoms with Crippen molar-refractivity contribution in [2.45, 2.75) is 31.3 Å². The monoisotopic (exact) mass is 408 g/mol. The van der Waals surface area contributed by atoms with E-state index in [-0.39, 0.29) is 24.1 Å². The van der Waals surface area contributed by atoms with Gasteiger partial charge in [0.1, 0.15) is 11.9 Å². The molecule has 1 atom stereocenters. The number of thioether (sulfide) groups is 1. The molecule has 0 spiro atoms. The van der Waals surface area contributed by atoms with E-state index < -0.39 is 11.9 Å². The molecule has 2 aromatic carbocycles. The first-order valence-electron chi connectivity index (χ1n) is 8.61. The van der Waals surface area contributed by atoms with Crippen LogP contribution in [-0.4, -0.2) is 35.1 Å². The third-order valence-corrected chi connectivity index (χ3v) is 5.24. The summed E-state index contributed by atoms with van der Waals surface area (Å²) in [6.45, 7) is 3.95. The number of benzene rings is 2. The molecule has 0 aliphatic carbocycles. The number of nitrogens with zero attached hydrogens (tertiary/aromatic N) is 1. The van der Waals surface area contributed by atoms with Gasteiger partial charge in [-0.3, -0.25) is 9.59 Å². The van der Waals surface area contributed by atoms with Gasteiger partial charge in [0.2, 0.25) is 11.8 Å². The molecule has 0 unspecified atom stereocenters. The summed E-state index contributed by atoms with van der Waals surface area (Å²) in [5, 5.41) is 3.33. The first-order chi connectivity index (χ1) is 12.9. The Balaban J connectivity index is 2.14. The van der Waals surface area contributed by atoms with Crippen LogP contribution in [0.4, 0.5) is 4.39 Å². The number of hydrogen-bond acceptors (Lipinski definition) is 3. The minimum Gasteiger partial charge on any atom is -0.355 e. The fourth-order valence-corrected chi connectivity index (χ4v) is 3.38. The number of halogens is 2. The second-order valence-electron chi connectivity index (χ2n) is 5.93. The zero-order valence-corrected chi connectivity index (χ0v) is 16.8. The normalized spacial score (nSPS) is 11.7. The van der Waals surface area contributed by atoms with Crippen LogP contribution in [0.25, 0.3) is 0 Å². The first kappa shape index (κ1) is 21.3. The summed E-state index contributed by atoms with van der Waals surface area (Å²) in [6.07, 6.45) is 0. The summed E-state index contributed by atoms with van der Waals surface area (Å²) in [5.74, 6) is -0.765. The summed E-state index contributed by atoms with van der Waals surface area (Å²) in [4.78, 5) is 27.4. The Hall–Kier alpha value is -2.05. The third kappa shape index (κ3) is 6.26. The van der Waals surface area contributed by atoms with E-state index in [1.54, 1.807) is 37.3 Å². The minimum absolute atomic E-state index is 0.0327. The Kier molecular flexibility index (Phi) is 8.13. The molecule has 0 bridgehead atoms. The van der Waals surface area contributed by atoms with Crippen molar-refractivity contribution in [3.63, 3.8) is 0 Å². The zero-order chi connectivity index (χ0) is 19.8. The average Bonchev–Trinajstić information content (AvgIpc) is 2.66. The van der Waals surface area contributed by atoms with Crippen LogP contribution in [0.1, 0.15) is 19.4 Å². The van der Waals surface area contributed by atoms with Gasteiger partial charge >= 0.3 is 0 Å². The molecule has 2 amide bonds. The van der Waals surface area contributed by atoms with E-state index >= 15 is 0 Å². The molecule has 0 aliphatic heterocycles. The summed E-state index contributed by atoms with van der Waals surface area (Å²) in [5.41, 5.74) is 0.374. The second-order valence-corrected chi connectivity index (χ2v) is 7.41. The lowest BCUT2D eigenvalue weighted by molar-refractivity contribution is -0.138. The Morgan fingerprint density at radius 2 is 1.85 bits per heavy atom. The van der Waals surface area contributed by atoms with Gasteiger partial charge in [0.05, 0.1) is 5.75 Å². The molecule has 0 saturated carbocycles. The molecule has 0 heterocycles. The lowest BCUT2D eigenvalue weighted by Crippen LogP contribution is -2.48. The lowest BCUT2D eigenvalue weighted by Gasteiger charge is -2.28. The predicted molar refractivity (Wildman–Crippen MR) is 107 cm³/mol. The van der Waals surface area contributed by atoms with E-state index in [1.165, 1.54) is 22.7 Å². The summed E-state index contributed by atoms with van der Waals surface area (Å²) < 4.78 is 14.1. The van der Waals surface area contributed by atoms with Gasteiger partial charge < -0.3 is 10.2 Å². The maximum Gasteiger partial charge on any atom is 0.242 e. The Labute approximate surface area is 168 Å². The molecule has 4 nitrogen and oxygen atoms in total. The molecule has 2 aromatic rings. The maximum atomic E-state index is 14.1. The maximum absolute atomic E-state index is 14.1. The number of amides is 2. The Bertz CT molecular complexity index is 786. The average molecular weight is 409 g/mol. The fourth-order valence-electron chi connectivity index (χ4n) is 2.47. The Morgan fingerprint density at radius 3 is 2.48 bits per heavy atom. The van der Waals surface area contributed by atoms with Gasteiger partial charge in [0.25, 0.3) is 0 Å². The molecule has 0 aromatic heterocycles. The highest BCUT2D eigenvalue weighted by molar-refractivity contribution is 8.00. The van der Waals surface area contributed by atoms with Crippen molar-refractivity contribution in [2.24, 2.45) is 0 Å². The molecule has 0 radical (unpaired) electrons. The molecule has 144 valence electrons. The Morgan fingerprint density at radius 1 is 1.19 bits per heavy atom. The summed E-state index contributed by atoms with van der Waals surface area (Å²) in [7, 11) is 0. The van der Waals surface area contributed by atoms with E-state index in [0.29, 0.717) is 17.1 Å². The second kappa shape index (κ2) is 10.3. The minimum atomic E-state index is -0.706. The van der Waals surface area contributed by atoms with Crippen LogP contribution in [-0.2, 0) is 16.1 Å². The number of carbonyl (C=O) groups is 2. The molecule has 0 fully saturated rings. The first-order valence-corrected chi connectivity index (χ1v) is 9.97. The van der Waals surface area contributed by atoms with Gasteiger partial charge in [-0.15, -0.1) is 11.8 Å². The van der Waals surface area contributed by atoms with Crippen molar-refractivity contribution in [1.29, 1.82) is 0 Å². The largest absolute Gasteiger partial charge is 0.355 e. The van der Waals surface area contributed by atoms with Gasteiger partial charge in [-0.25, -0.2) is 4.39 Å². The van der Waals surface area contributed by atoms with Gasteiger partial charge in [0, 0.05) is 28.6 Å². The number of rotatable bonds is 8. The van der Waals surface area contributed by atoms with Gasteiger partial charge in [0.15, 0.2) is 0 Å². The number of nitrogens with one attached hydrogen (secondary N) is 1. The van der Waals surface area contributed by atoms with Crippen molar-refractivity contribution in [3.05, 3.63) is 64.9 Å². The van der Waals surface area contributed by atoms with E-state index in [9.17, 15) is 14.0 Å². The quantitative estimate of drug-likeness (QED) is 0.668. The van der Waals surface area contributed by atoms with Crippen molar-refractivity contribution in [1.82, 2.24) is 10.2 Å². The van der Waals surface area contributed by atoms with E-state index in [4.69, 9.17) is 11.6 Å². The SMILES string of the molecule is CCNC(=O)[C@H](C)N(Cc1ccccc1F)C(=O)CSc1ccc(Cl)cc1. The molecule has 0 saturated heterocycles. The van der Waals surface area contributed by atoms with Crippen molar-refractivity contribution < 1.29 is 14.0 Å². The van der Waals surface area contributed by atoms with Crippen LogP contribution in [0.15, 0.2) is 53.4 Å². The van der Waals surface area contributed by atoms with Crippen LogP contribution in [0, 0.1) is 5.82 Å². The molecular weight excluding hydrogens is 387 g/mol. The van der Waals surface area contributed by atoms with E-state index in [1.807, 2.05) is 19.1 Å². The number of hydrogen-bond donors (Lipinski definition) is 1. The highest BCUT2D eigenvalue weighted by Gasteiger charge is 2.26. The molecule has 27 heavy (non-hydrogen) atoms. The predicted octanol–water partition coefficient (Wildman–Crippen LogP) is 4.12. The van der Waals surface area contributed by atoms with Crippen LogP contribution < -0.4 is 5.32 Å². The molecule has 2 rings (SSSR count). The lowest BCUT2D eigenvalue weighted by atomic mass is 10.1. The topological polar surface area (TPSA) is 49.4 Å². The standard InChI is InChI=1S/C20H22ClFN2O2S/c1-3-23-20(26)14(2)24(12-15-6-4-5-7-18(15)22)19(25)13-27-17-10-8-16(21)9-11-17/h4-11,14H,3,12-13H2,1-2H3,(H,23,26)/t14-/m0/s1. The van der Waals surface area contributed by atoms with Crippen LogP contribution in [0.5, 0.6) is 0 Å².